The highest BCUT2D eigenvalue weighted by Gasteiger charge is 2.48. The van der Waals surface area contributed by atoms with Crippen molar-refractivity contribution in [3.63, 3.8) is 0 Å². The van der Waals surface area contributed by atoms with Crippen LogP contribution in [-0.4, -0.2) is 45.6 Å². The number of benzene rings is 1. The molecule has 3 amide bonds. The molecule has 4 heterocycles. The first-order chi connectivity index (χ1) is 12.6. The molecule has 134 valence electrons. The third-order valence-corrected chi connectivity index (χ3v) is 7.14. The number of nitrogens with zero attached hydrogens (tertiary/aromatic N) is 2. The summed E-state index contributed by atoms with van der Waals surface area (Å²) in [4.78, 5) is 41.6. The van der Waals surface area contributed by atoms with Crippen LogP contribution in [0.25, 0.3) is 10.1 Å². The molecule has 3 fully saturated rings. The van der Waals surface area contributed by atoms with E-state index in [0.717, 1.165) is 40.6 Å². The van der Waals surface area contributed by atoms with E-state index in [-0.39, 0.29) is 35.8 Å². The molecule has 26 heavy (non-hydrogen) atoms. The van der Waals surface area contributed by atoms with Crippen LogP contribution >= 0.6 is 11.3 Å². The summed E-state index contributed by atoms with van der Waals surface area (Å²) in [5, 5.41) is 1.11. The average molecular weight is 368 g/mol. The molecule has 2 aromatic rings. The van der Waals surface area contributed by atoms with E-state index in [4.69, 9.17) is 0 Å². The van der Waals surface area contributed by atoms with E-state index in [1.807, 2.05) is 35.2 Å². The van der Waals surface area contributed by atoms with E-state index in [0.29, 0.717) is 12.8 Å². The number of likely N-dealkylation sites (tertiary alicyclic amines) is 1. The summed E-state index contributed by atoms with van der Waals surface area (Å²) in [6.45, 7) is 0. The normalized spacial score (nSPS) is 28.4. The number of fused-ring (bicyclic) bond motifs is 3. The predicted octanol–water partition coefficient (Wildman–Crippen LogP) is 3.19. The van der Waals surface area contributed by atoms with Gasteiger partial charge < -0.3 is 4.90 Å². The maximum atomic E-state index is 13.2. The van der Waals surface area contributed by atoms with Crippen LogP contribution in [0, 0.1) is 0 Å². The molecule has 3 saturated heterocycles. The van der Waals surface area contributed by atoms with E-state index < -0.39 is 0 Å². The zero-order valence-corrected chi connectivity index (χ0v) is 15.2. The Bertz CT molecular complexity index is 858. The molecular weight excluding hydrogens is 348 g/mol. The molecule has 0 aliphatic carbocycles. The quantitative estimate of drug-likeness (QED) is 0.765. The van der Waals surface area contributed by atoms with E-state index in [1.54, 1.807) is 11.3 Å². The minimum absolute atomic E-state index is 0.0264. The van der Waals surface area contributed by atoms with Crippen LogP contribution in [0.1, 0.15) is 48.2 Å². The fraction of sp³-hybridized carbons (Fsp3) is 0.450. The molecule has 6 heteroatoms. The maximum absolute atomic E-state index is 13.2. The summed E-state index contributed by atoms with van der Waals surface area (Å²) < 4.78 is 1.13. The van der Waals surface area contributed by atoms with E-state index in [2.05, 4.69) is 0 Å². The highest BCUT2D eigenvalue weighted by Crippen LogP contribution is 2.40. The lowest BCUT2D eigenvalue weighted by molar-refractivity contribution is -0.142. The van der Waals surface area contributed by atoms with Gasteiger partial charge in [-0.1, -0.05) is 18.2 Å². The van der Waals surface area contributed by atoms with Gasteiger partial charge in [-0.05, 0) is 43.2 Å². The number of imide groups is 1. The summed E-state index contributed by atoms with van der Waals surface area (Å²) >= 11 is 1.55. The van der Waals surface area contributed by atoms with Gasteiger partial charge in [0.05, 0.1) is 4.88 Å². The molecule has 5 nitrogen and oxygen atoms in total. The molecule has 2 bridgehead atoms. The predicted molar refractivity (Wildman–Crippen MR) is 98.9 cm³/mol. The molecule has 1 aromatic carbocycles. The van der Waals surface area contributed by atoms with Gasteiger partial charge in [0.2, 0.25) is 11.8 Å². The zero-order chi connectivity index (χ0) is 17.8. The minimum Gasteiger partial charge on any atom is -0.332 e. The van der Waals surface area contributed by atoms with Gasteiger partial charge in [-0.15, -0.1) is 11.3 Å². The number of piperidine rings is 1. The molecule has 1 aromatic heterocycles. The fourth-order valence-corrected chi connectivity index (χ4v) is 5.91. The van der Waals surface area contributed by atoms with Crippen molar-refractivity contribution in [3.8, 4) is 0 Å². The Morgan fingerprint density at radius 3 is 2.27 bits per heavy atom. The summed E-state index contributed by atoms with van der Waals surface area (Å²) in [6, 6.07) is 10.3. The van der Waals surface area contributed by atoms with Crippen molar-refractivity contribution in [1.82, 2.24) is 9.80 Å². The fourth-order valence-electron chi connectivity index (χ4n) is 4.91. The molecule has 0 N–H and O–H groups in total. The Labute approximate surface area is 155 Å². The zero-order valence-electron chi connectivity index (χ0n) is 14.4. The highest BCUT2D eigenvalue weighted by atomic mass is 32.1. The van der Waals surface area contributed by atoms with Crippen LogP contribution in [0.4, 0.5) is 0 Å². The first-order valence-corrected chi connectivity index (χ1v) is 10.1. The molecular formula is C20H20N2O3S. The topological polar surface area (TPSA) is 57.7 Å². The number of hydrogen-bond acceptors (Lipinski definition) is 4. The van der Waals surface area contributed by atoms with Crippen molar-refractivity contribution in [2.24, 2.45) is 0 Å². The van der Waals surface area contributed by atoms with Gasteiger partial charge in [0, 0.05) is 35.7 Å². The highest BCUT2D eigenvalue weighted by molar-refractivity contribution is 7.20. The van der Waals surface area contributed by atoms with Gasteiger partial charge in [0.15, 0.2) is 0 Å². The third kappa shape index (κ3) is 2.39. The molecule has 0 saturated carbocycles. The number of amides is 3. The second-order valence-electron chi connectivity index (χ2n) is 7.53. The van der Waals surface area contributed by atoms with Crippen LogP contribution in [0.2, 0.25) is 0 Å². The second kappa shape index (κ2) is 5.91. The van der Waals surface area contributed by atoms with Crippen molar-refractivity contribution in [2.45, 2.75) is 56.7 Å². The van der Waals surface area contributed by atoms with E-state index >= 15 is 0 Å². The van der Waals surface area contributed by atoms with Gasteiger partial charge in [-0.2, -0.15) is 0 Å². The first-order valence-electron chi connectivity index (χ1n) is 9.28. The minimum atomic E-state index is -0.0383. The number of hydrogen-bond donors (Lipinski definition) is 0. The van der Waals surface area contributed by atoms with E-state index in [1.165, 1.54) is 4.90 Å². The number of carbonyl (C=O) groups is 3. The Kier molecular flexibility index (Phi) is 3.64. The van der Waals surface area contributed by atoms with Crippen molar-refractivity contribution in [2.75, 3.05) is 0 Å². The lowest BCUT2D eigenvalue weighted by Crippen LogP contribution is -2.53. The SMILES string of the molecule is O=C1CCC(=O)N1C1CC2CCC(C1)N2C(=O)c1cc2ccccc2s1. The molecule has 0 radical (unpaired) electrons. The van der Waals surface area contributed by atoms with Crippen LogP contribution < -0.4 is 0 Å². The first kappa shape index (κ1) is 16.0. The molecule has 3 aliphatic heterocycles. The van der Waals surface area contributed by atoms with Gasteiger partial charge in [0.25, 0.3) is 5.91 Å². The van der Waals surface area contributed by atoms with Crippen molar-refractivity contribution < 1.29 is 14.4 Å². The average Bonchev–Trinajstić information content (AvgIpc) is 3.28. The van der Waals surface area contributed by atoms with Gasteiger partial charge in [0.1, 0.15) is 0 Å². The largest absolute Gasteiger partial charge is 0.332 e. The number of carbonyl (C=O) groups excluding carboxylic acids is 3. The Hall–Kier alpha value is -2.21. The maximum Gasteiger partial charge on any atom is 0.264 e. The smallest absolute Gasteiger partial charge is 0.264 e. The summed E-state index contributed by atoms with van der Waals surface area (Å²) in [5.74, 6) is 0.0311. The van der Waals surface area contributed by atoms with Crippen molar-refractivity contribution in [3.05, 3.63) is 35.2 Å². The second-order valence-corrected chi connectivity index (χ2v) is 8.61. The third-order valence-electron chi connectivity index (χ3n) is 6.03. The molecule has 3 aliphatic rings. The standard InChI is InChI=1S/C20H20N2O3S/c23-18-7-8-19(24)22(18)15-10-13-5-6-14(11-15)21(13)20(25)17-9-12-3-1-2-4-16(12)26-17/h1-4,9,13-15H,5-8,10-11H2. The van der Waals surface area contributed by atoms with Crippen LogP contribution in [0.5, 0.6) is 0 Å². The summed E-state index contributed by atoms with van der Waals surface area (Å²) in [6.07, 6.45) is 4.07. The Morgan fingerprint density at radius 1 is 0.962 bits per heavy atom. The number of rotatable bonds is 2. The molecule has 5 rings (SSSR count). The van der Waals surface area contributed by atoms with Crippen molar-refractivity contribution >= 4 is 39.1 Å². The van der Waals surface area contributed by atoms with Gasteiger partial charge in [-0.25, -0.2) is 0 Å². The molecule has 2 atom stereocenters. The van der Waals surface area contributed by atoms with E-state index in [9.17, 15) is 14.4 Å². The lowest BCUT2D eigenvalue weighted by atomic mass is 9.95. The van der Waals surface area contributed by atoms with Crippen LogP contribution in [-0.2, 0) is 9.59 Å². The number of thiophene rings is 1. The van der Waals surface area contributed by atoms with Gasteiger partial charge >= 0.3 is 0 Å². The summed E-state index contributed by atoms with van der Waals surface area (Å²) in [5.41, 5.74) is 0. The van der Waals surface area contributed by atoms with Crippen LogP contribution in [0.3, 0.4) is 0 Å². The van der Waals surface area contributed by atoms with Crippen molar-refractivity contribution in [1.29, 1.82) is 0 Å². The molecule has 2 unspecified atom stereocenters. The molecule has 0 spiro atoms. The van der Waals surface area contributed by atoms with Gasteiger partial charge in [-0.3, -0.25) is 19.3 Å². The summed E-state index contributed by atoms with van der Waals surface area (Å²) in [7, 11) is 0. The Morgan fingerprint density at radius 2 is 1.62 bits per heavy atom. The lowest BCUT2D eigenvalue weighted by Gasteiger charge is -2.41. The monoisotopic (exact) mass is 368 g/mol. The Balaban J connectivity index is 1.39. The van der Waals surface area contributed by atoms with Crippen LogP contribution in [0.15, 0.2) is 30.3 Å².